The number of aliphatic hydroxyl groups excluding tert-OH is 1. The third-order valence-electron chi connectivity index (χ3n) is 4.31. The maximum Gasteiger partial charge on any atom is 0.220 e. The molecule has 1 saturated carbocycles. The van der Waals surface area contributed by atoms with Gasteiger partial charge in [-0.2, -0.15) is 0 Å². The Morgan fingerprint density at radius 1 is 1.17 bits per heavy atom. The highest BCUT2D eigenvalue weighted by Crippen LogP contribution is 2.18. The zero-order chi connectivity index (χ0) is 16.5. The van der Waals surface area contributed by atoms with Crippen molar-refractivity contribution in [2.45, 2.75) is 57.1 Å². The summed E-state index contributed by atoms with van der Waals surface area (Å²) in [6.07, 6.45) is 5.63. The lowest BCUT2D eigenvalue weighted by atomic mass is 9.93. The number of carbonyl (C=O) groups is 1. The maximum atomic E-state index is 11.9. The molecule has 0 unspecified atom stereocenters. The molecule has 0 bridgehead atoms. The molecule has 3 N–H and O–H groups in total. The number of benzene rings is 1. The number of carbonyl (C=O) groups excluding carboxylic acids is 1. The number of aliphatic hydroxyl groups is 1. The predicted octanol–water partition coefficient (Wildman–Crippen LogP) is 2.70. The SMILES string of the molecule is COc1ccc(NCCCCC(=O)NC2CCC(O)CC2)cc1. The van der Waals surface area contributed by atoms with Gasteiger partial charge in [-0.05, 0) is 62.8 Å². The number of hydrogen-bond acceptors (Lipinski definition) is 4. The molecule has 128 valence electrons. The molecule has 0 spiro atoms. The smallest absolute Gasteiger partial charge is 0.220 e. The molecule has 1 fully saturated rings. The minimum absolute atomic E-state index is 0.135. The van der Waals surface area contributed by atoms with Crippen molar-refractivity contribution in [1.29, 1.82) is 0 Å². The molecule has 0 aromatic heterocycles. The van der Waals surface area contributed by atoms with Gasteiger partial charge in [-0.3, -0.25) is 4.79 Å². The van der Waals surface area contributed by atoms with E-state index in [4.69, 9.17) is 4.74 Å². The topological polar surface area (TPSA) is 70.6 Å². The first-order valence-electron chi connectivity index (χ1n) is 8.52. The maximum absolute atomic E-state index is 11.9. The van der Waals surface area contributed by atoms with E-state index in [-0.39, 0.29) is 18.1 Å². The summed E-state index contributed by atoms with van der Waals surface area (Å²) in [6.45, 7) is 0.856. The van der Waals surface area contributed by atoms with Gasteiger partial charge in [0.15, 0.2) is 0 Å². The highest BCUT2D eigenvalue weighted by Gasteiger charge is 2.20. The molecule has 1 aliphatic carbocycles. The summed E-state index contributed by atoms with van der Waals surface area (Å²) in [5, 5.41) is 15.9. The zero-order valence-electron chi connectivity index (χ0n) is 13.9. The summed E-state index contributed by atoms with van der Waals surface area (Å²) in [7, 11) is 1.66. The van der Waals surface area contributed by atoms with Crippen LogP contribution in [0.1, 0.15) is 44.9 Å². The Morgan fingerprint density at radius 2 is 1.87 bits per heavy atom. The van der Waals surface area contributed by atoms with E-state index in [2.05, 4.69) is 10.6 Å². The van der Waals surface area contributed by atoms with Gasteiger partial charge < -0.3 is 20.5 Å². The normalized spacial score (nSPS) is 20.8. The minimum atomic E-state index is -0.174. The number of nitrogens with one attached hydrogen (secondary N) is 2. The van der Waals surface area contributed by atoms with E-state index in [0.717, 1.165) is 56.5 Å². The standard InChI is InChI=1S/C18H28N2O3/c1-23-17-11-7-14(8-12-17)19-13-3-2-4-18(22)20-15-5-9-16(21)10-6-15/h7-8,11-12,15-16,19,21H,2-6,9-10,13H2,1H3,(H,20,22). The molecule has 1 aromatic carbocycles. The lowest BCUT2D eigenvalue weighted by Gasteiger charge is -2.26. The molecule has 0 atom stereocenters. The molecule has 1 amide bonds. The van der Waals surface area contributed by atoms with Crippen molar-refractivity contribution >= 4 is 11.6 Å². The van der Waals surface area contributed by atoms with Crippen LogP contribution >= 0.6 is 0 Å². The average molecular weight is 320 g/mol. The van der Waals surface area contributed by atoms with E-state index in [1.165, 1.54) is 0 Å². The Hall–Kier alpha value is -1.75. The number of hydrogen-bond donors (Lipinski definition) is 3. The Balaban J connectivity index is 1.53. The van der Waals surface area contributed by atoms with Crippen LogP contribution in [0.4, 0.5) is 5.69 Å². The number of anilines is 1. The molecule has 1 aromatic rings. The number of amides is 1. The predicted molar refractivity (Wildman–Crippen MR) is 91.7 cm³/mol. The van der Waals surface area contributed by atoms with Crippen LogP contribution < -0.4 is 15.4 Å². The van der Waals surface area contributed by atoms with Crippen LogP contribution in [0.25, 0.3) is 0 Å². The van der Waals surface area contributed by atoms with Gasteiger partial charge in [0.2, 0.25) is 5.91 Å². The van der Waals surface area contributed by atoms with Crippen molar-refractivity contribution in [3.05, 3.63) is 24.3 Å². The Bertz CT molecular complexity index is 468. The molecule has 23 heavy (non-hydrogen) atoms. The molecular formula is C18H28N2O3. The van der Waals surface area contributed by atoms with E-state index in [9.17, 15) is 9.90 Å². The Morgan fingerprint density at radius 3 is 2.52 bits per heavy atom. The summed E-state index contributed by atoms with van der Waals surface area (Å²) in [5.74, 6) is 0.985. The molecular weight excluding hydrogens is 292 g/mol. The number of rotatable bonds is 8. The van der Waals surface area contributed by atoms with Crippen molar-refractivity contribution in [3.63, 3.8) is 0 Å². The van der Waals surface area contributed by atoms with Crippen LogP contribution in [-0.4, -0.2) is 36.8 Å². The fraction of sp³-hybridized carbons (Fsp3) is 0.611. The van der Waals surface area contributed by atoms with Crippen LogP contribution in [0.2, 0.25) is 0 Å². The van der Waals surface area contributed by atoms with Crippen LogP contribution in [0.5, 0.6) is 5.75 Å². The van der Waals surface area contributed by atoms with Gasteiger partial charge in [-0.1, -0.05) is 0 Å². The molecule has 1 aliphatic rings. The quantitative estimate of drug-likeness (QED) is 0.644. The Kier molecular flexibility index (Phi) is 7.20. The molecule has 0 radical (unpaired) electrons. The average Bonchev–Trinajstić information content (AvgIpc) is 2.57. The van der Waals surface area contributed by atoms with Crippen molar-refractivity contribution in [2.75, 3.05) is 19.0 Å². The number of unbranched alkanes of at least 4 members (excludes halogenated alkanes) is 1. The third kappa shape index (κ3) is 6.48. The second kappa shape index (κ2) is 9.40. The lowest BCUT2D eigenvalue weighted by Crippen LogP contribution is -2.38. The van der Waals surface area contributed by atoms with Crippen molar-refractivity contribution in [1.82, 2.24) is 5.32 Å². The molecule has 0 heterocycles. The minimum Gasteiger partial charge on any atom is -0.497 e. The van der Waals surface area contributed by atoms with E-state index in [1.54, 1.807) is 7.11 Å². The van der Waals surface area contributed by atoms with E-state index in [0.29, 0.717) is 6.42 Å². The molecule has 5 heteroatoms. The highest BCUT2D eigenvalue weighted by atomic mass is 16.5. The van der Waals surface area contributed by atoms with E-state index in [1.807, 2.05) is 24.3 Å². The second-order valence-corrected chi connectivity index (χ2v) is 6.19. The van der Waals surface area contributed by atoms with Crippen LogP contribution in [0, 0.1) is 0 Å². The van der Waals surface area contributed by atoms with Crippen molar-refractivity contribution in [3.8, 4) is 5.75 Å². The number of methoxy groups -OCH3 is 1. The molecule has 2 rings (SSSR count). The van der Waals surface area contributed by atoms with Gasteiger partial charge in [-0.15, -0.1) is 0 Å². The highest BCUT2D eigenvalue weighted by molar-refractivity contribution is 5.76. The van der Waals surface area contributed by atoms with Gasteiger partial charge in [0.05, 0.1) is 13.2 Å². The summed E-state index contributed by atoms with van der Waals surface area (Å²) in [6, 6.07) is 8.09. The molecule has 0 saturated heterocycles. The first-order chi connectivity index (χ1) is 11.2. The van der Waals surface area contributed by atoms with E-state index < -0.39 is 0 Å². The van der Waals surface area contributed by atoms with Gasteiger partial charge in [0, 0.05) is 24.7 Å². The van der Waals surface area contributed by atoms with Crippen molar-refractivity contribution in [2.24, 2.45) is 0 Å². The summed E-state index contributed by atoms with van der Waals surface area (Å²) in [4.78, 5) is 11.9. The van der Waals surface area contributed by atoms with Gasteiger partial charge in [0.1, 0.15) is 5.75 Å². The largest absolute Gasteiger partial charge is 0.497 e. The monoisotopic (exact) mass is 320 g/mol. The van der Waals surface area contributed by atoms with Gasteiger partial charge in [-0.25, -0.2) is 0 Å². The lowest BCUT2D eigenvalue weighted by molar-refractivity contribution is -0.122. The van der Waals surface area contributed by atoms with Crippen LogP contribution in [0.15, 0.2) is 24.3 Å². The Labute approximate surface area is 138 Å². The zero-order valence-corrected chi connectivity index (χ0v) is 13.9. The molecule has 0 aliphatic heterocycles. The first kappa shape index (κ1) is 17.6. The summed E-state index contributed by atoms with van der Waals surface area (Å²) >= 11 is 0. The fourth-order valence-electron chi connectivity index (χ4n) is 2.87. The van der Waals surface area contributed by atoms with Crippen LogP contribution in [0.3, 0.4) is 0 Å². The van der Waals surface area contributed by atoms with Gasteiger partial charge >= 0.3 is 0 Å². The third-order valence-corrected chi connectivity index (χ3v) is 4.31. The van der Waals surface area contributed by atoms with Crippen molar-refractivity contribution < 1.29 is 14.6 Å². The van der Waals surface area contributed by atoms with Gasteiger partial charge in [0.25, 0.3) is 0 Å². The van der Waals surface area contributed by atoms with Crippen LogP contribution in [-0.2, 0) is 4.79 Å². The molecule has 5 nitrogen and oxygen atoms in total. The second-order valence-electron chi connectivity index (χ2n) is 6.19. The van der Waals surface area contributed by atoms with E-state index >= 15 is 0 Å². The fourth-order valence-corrected chi connectivity index (χ4v) is 2.87. The first-order valence-corrected chi connectivity index (χ1v) is 8.52. The summed E-state index contributed by atoms with van der Waals surface area (Å²) < 4.78 is 5.12. The summed E-state index contributed by atoms with van der Waals surface area (Å²) in [5.41, 5.74) is 1.07. The number of ether oxygens (including phenoxy) is 1.